The maximum absolute atomic E-state index is 11.7. The molecule has 1 amide bonds. The van der Waals surface area contributed by atoms with Gasteiger partial charge in [0, 0.05) is 45.8 Å². The summed E-state index contributed by atoms with van der Waals surface area (Å²) >= 11 is 0. The first-order chi connectivity index (χ1) is 10.4. The standard InChI is InChI=1S/C15H32N4O3/c1-15(2,3)13(20)17-8-9-19-14(16-4)18-7-6-10-22-12-11-21-5/h6-12H2,1-5H3,(H,17,20)(H2,16,18,19). The molecule has 0 aromatic heterocycles. The normalized spacial score (nSPS) is 12.1. The number of rotatable bonds is 10. The Morgan fingerprint density at radius 3 is 2.23 bits per heavy atom. The molecule has 0 radical (unpaired) electrons. The lowest BCUT2D eigenvalue weighted by molar-refractivity contribution is -0.128. The topological polar surface area (TPSA) is 84.0 Å². The van der Waals surface area contributed by atoms with Crippen LogP contribution >= 0.6 is 0 Å². The Morgan fingerprint density at radius 1 is 1.00 bits per heavy atom. The molecule has 0 aliphatic heterocycles. The van der Waals surface area contributed by atoms with Gasteiger partial charge >= 0.3 is 0 Å². The highest BCUT2D eigenvalue weighted by Crippen LogP contribution is 2.11. The molecule has 0 fully saturated rings. The zero-order valence-corrected chi connectivity index (χ0v) is 14.6. The number of hydrogen-bond acceptors (Lipinski definition) is 4. The molecule has 0 saturated heterocycles. The molecule has 0 bridgehead atoms. The van der Waals surface area contributed by atoms with Crippen molar-refractivity contribution in [3.8, 4) is 0 Å². The second-order valence-corrected chi connectivity index (χ2v) is 5.89. The van der Waals surface area contributed by atoms with Crippen molar-refractivity contribution in [2.24, 2.45) is 10.4 Å². The number of hydrogen-bond donors (Lipinski definition) is 3. The quantitative estimate of drug-likeness (QED) is 0.308. The van der Waals surface area contributed by atoms with Gasteiger partial charge < -0.3 is 25.4 Å². The third kappa shape index (κ3) is 11.3. The first-order valence-electron chi connectivity index (χ1n) is 7.71. The van der Waals surface area contributed by atoms with Gasteiger partial charge in [0.05, 0.1) is 13.2 Å². The van der Waals surface area contributed by atoms with Crippen LogP contribution in [0.1, 0.15) is 27.2 Å². The van der Waals surface area contributed by atoms with Crippen molar-refractivity contribution >= 4 is 11.9 Å². The fourth-order valence-electron chi connectivity index (χ4n) is 1.47. The van der Waals surface area contributed by atoms with E-state index in [9.17, 15) is 4.79 Å². The number of methoxy groups -OCH3 is 1. The summed E-state index contributed by atoms with van der Waals surface area (Å²) < 4.78 is 10.3. The van der Waals surface area contributed by atoms with Crippen molar-refractivity contribution in [2.75, 3.05) is 53.6 Å². The first-order valence-corrected chi connectivity index (χ1v) is 7.71. The van der Waals surface area contributed by atoms with E-state index in [0.717, 1.165) is 18.9 Å². The number of aliphatic imine (C=N–C) groups is 1. The summed E-state index contributed by atoms with van der Waals surface area (Å²) in [6.07, 6.45) is 0.894. The van der Waals surface area contributed by atoms with E-state index in [1.54, 1.807) is 14.2 Å². The monoisotopic (exact) mass is 316 g/mol. The summed E-state index contributed by atoms with van der Waals surface area (Å²) in [6.45, 7) is 9.59. The highest BCUT2D eigenvalue weighted by molar-refractivity contribution is 5.81. The molecular weight excluding hydrogens is 284 g/mol. The van der Waals surface area contributed by atoms with Crippen LogP contribution in [0.5, 0.6) is 0 Å². The second kappa shape index (κ2) is 12.2. The van der Waals surface area contributed by atoms with Gasteiger partial charge in [0.1, 0.15) is 0 Å². The predicted molar refractivity (Wildman–Crippen MR) is 89.1 cm³/mol. The third-order valence-corrected chi connectivity index (χ3v) is 2.80. The summed E-state index contributed by atoms with van der Waals surface area (Å²) in [5.41, 5.74) is -0.358. The molecule has 7 nitrogen and oxygen atoms in total. The maximum atomic E-state index is 11.7. The van der Waals surface area contributed by atoms with Crippen LogP contribution in [-0.4, -0.2) is 65.5 Å². The molecule has 7 heteroatoms. The maximum Gasteiger partial charge on any atom is 0.225 e. The molecule has 0 atom stereocenters. The molecule has 130 valence electrons. The number of nitrogens with one attached hydrogen (secondary N) is 3. The van der Waals surface area contributed by atoms with Gasteiger partial charge in [-0.2, -0.15) is 0 Å². The largest absolute Gasteiger partial charge is 0.382 e. The van der Waals surface area contributed by atoms with Crippen molar-refractivity contribution in [1.82, 2.24) is 16.0 Å². The number of ether oxygens (including phenoxy) is 2. The Kier molecular flexibility index (Phi) is 11.5. The van der Waals surface area contributed by atoms with Crippen LogP contribution in [0, 0.1) is 5.41 Å². The van der Waals surface area contributed by atoms with Gasteiger partial charge in [-0.3, -0.25) is 9.79 Å². The first kappa shape index (κ1) is 20.7. The zero-order valence-electron chi connectivity index (χ0n) is 14.6. The lowest BCUT2D eigenvalue weighted by Gasteiger charge is -2.18. The van der Waals surface area contributed by atoms with Crippen molar-refractivity contribution in [1.29, 1.82) is 0 Å². The van der Waals surface area contributed by atoms with Crippen molar-refractivity contribution in [3.05, 3.63) is 0 Å². The van der Waals surface area contributed by atoms with Crippen molar-refractivity contribution in [2.45, 2.75) is 27.2 Å². The summed E-state index contributed by atoms with van der Waals surface area (Å²) in [6, 6.07) is 0. The number of carbonyl (C=O) groups excluding carboxylic acids is 1. The van der Waals surface area contributed by atoms with E-state index in [1.807, 2.05) is 20.8 Å². The van der Waals surface area contributed by atoms with Gasteiger partial charge in [-0.25, -0.2) is 0 Å². The second-order valence-electron chi connectivity index (χ2n) is 5.89. The molecule has 0 aromatic carbocycles. The van der Waals surface area contributed by atoms with E-state index in [1.165, 1.54) is 0 Å². The Morgan fingerprint density at radius 2 is 1.64 bits per heavy atom. The molecule has 0 unspecified atom stereocenters. The van der Waals surface area contributed by atoms with Crippen molar-refractivity contribution < 1.29 is 14.3 Å². The Balaban J connectivity index is 3.62. The highest BCUT2D eigenvalue weighted by Gasteiger charge is 2.20. The minimum Gasteiger partial charge on any atom is -0.382 e. The summed E-state index contributed by atoms with van der Waals surface area (Å²) in [7, 11) is 3.38. The van der Waals surface area contributed by atoms with Gasteiger partial charge in [0.2, 0.25) is 5.91 Å². The Hall–Kier alpha value is -1.34. The number of nitrogens with zero attached hydrogens (tertiary/aromatic N) is 1. The fraction of sp³-hybridized carbons (Fsp3) is 0.867. The average Bonchev–Trinajstić information content (AvgIpc) is 2.47. The minimum atomic E-state index is -0.358. The minimum absolute atomic E-state index is 0.0467. The molecule has 3 N–H and O–H groups in total. The summed E-state index contributed by atoms with van der Waals surface area (Å²) in [5.74, 6) is 0.771. The van der Waals surface area contributed by atoms with E-state index < -0.39 is 0 Å². The van der Waals surface area contributed by atoms with Gasteiger partial charge in [-0.05, 0) is 6.42 Å². The van der Waals surface area contributed by atoms with Crippen LogP contribution in [-0.2, 0) is 14.3 Å². The van der Waals surface area contributed by atoms with Gasteiger partial charge in [0.25, 0.3) is 0 Å². The van der Waals surface area contributed by atoms with Crippen LogP contribution in [0.25, 0.3) is 0 Å². The highest BCUT2D eigenvalue weighted by atomic mass is 16.5. The number of amides is 1. The smallest absolute Gasteiger partial charge is 0.225 e. The van der Waals surface area contributed by atoms with Crippen LogP contribution in [0.4, 0.5) is 0 Å². The van der Waals surface area contributed by atoms with E-state index in [2.05, 4.69) is 20.9 Å². The molecule has 0 heterocycles. The van der Waals surface area contributed by atoms with Gasteiger partial charge in [0.15, 0.2) is 5.96 Å². The summed E-state index contributed by atoms with van der Waals surface area (Å²) in [4.78, 5) is 15.8. The zero-order chi connectivity index (χ0) is 16.8. The van der Waals surface area contributed by atoms with Gasteiger partial charge in [-0.1, -0.05) is 20.8 Å². The van der Waals surface area contributed by atoms with E-state index in [-0.39, 0.29) is 11.3 Å². The average molecular weight is 316 g/mol. The molecule has 0 rings (SSSR count). The Labute approximate surface area is 134 Å². The molecule has 22 heavy (non-hydrogen) atoms. The van der Waals surface area contributed by atoms with Gasteiger partial charge in [-0.15, -0.1) is 0 Å². The lowest BCUT2D eigenvalue weighted by Crippen LogP contribution is -2.43. The SMILES string of the molecule is CN=C(NCCCOCCOC)NCCNC(=O)C(C)(C)C. The molecule has 0 spiro atoms. The molecule has 0 aromatic rings. The molecule has 0 saturated carbocycles. The summed E-state index contributed by atoms with van der Waals surface area (Å²) in [5, 5.41) is 9.23. The molecule has 0 aliphatic rings. The van der Waals surface area contributed by atoms with E-state index in [4.69, 9.17) is 9.47 Å². The van der Waals surface area contributed by atoms with Crippen LogP contribution < -0.4 is 16.0 Å². The molecule has 0 aliphatic carbocycles. The number of guanidine groups is 1. The molecular formula is C15H32N4O3. The lowest BCUT2D eigenvalue weighted by atomic mass is 9.96. The van der Waals surface area contributed by atoms with Crippen molar-refractivity contribution in [3.63, 3.8) is 0 Å². The van der Waals surface area contributed by atoms with Crippen LogP contribution in [0.3, 0.4) is 0 Å². The van der Waals surface area contributed by atoms with E-state index in [0.29, 0.717) is 32.9 Å². The fourth-order valence-corrected chi connectivity index (χ4v) is 1.47. The number of carbonyl (C=O) groups is 1. The predicted octanol–water partition coefficient (Wildman–Crippen LogP) is 0.367. The van der Waals surface area contributed by atoms with Crippen LogP contribution in [0.2, 0.25) is 0 Å². The van der Waals surface area contributed by atoms with E-state index >= 15 is 0 Å². The van der Waals surface area contributed by atoms with Crippen LogP contribution in [0.15, 0.2) is 4.99 Å². The Bertz CT molecular complexity index is 327. The third-order valence-electron chi connectivity index (χ3n) is 2.80.